The first-order chi connectivity index (χ1) is 5.96. The molecule has 0 saturated carbocycles. The van der Waals surface area contributed by atoms with Crippen LogP contribution in [0.5, 0.6) is 0 Å². The minimum atomic E-state index is -4.32. The Morgan fingerprint density at radius 1 is 1.46 bits per heavy atom. The number of nitrogens with two attached hydrogens (primary N) is 1. The molecule has 0 aliphatic heterocycles. The van der Waals surface area contributed by atoms with Gasteiger partial charge in [-0.15, -0.1) is 6.58 Å². The first-order valence-corrected chi connectivity index (χ1v) is 4.42. The van der Waals surface area contributed by atoms with Gasteiger partial charge in [0.2, 0.25) is 0 Å². The van der Waals surface area contributed by atoms with Crippen LogP contribution in [0.3, 0.4) is 0 Å². The van der Waals surface area contributed by atoms with Crippen molar-refractivity contribution in [2.24, 2.45) is 5.73 Å². The van der Waals surface area contributed by atoms with Crippen molar-refractivity contribution in [3.8, 4) is 0 Å². The maximum atomic E-state index is 12.3. The monoisotopic (exact) mass is 207 g/mol. The molecule has 0 aliphatic carbocycles. The summed E-state index contributed by atoms with van der Waals surface area (Å²) >= 11 is 0.989. The van der Waals surface area contributed by atoms with Crippen LogP contribution in [0.15, 0.2) is 23.4 Å². The van der Waals surface area contributed by atoms with Crippen LogP contribution in [0.25, 0.3) is 0 Å². The Morgan fingerprint density at radius 3 is 2.54 bits per heavy atom. The van der Waals surface area contributed by atoms with Gasteiger partial charge < -0.3 is 5.73 Å². The summed E-state index contributed by atoms with van der Waals surface area (Å²) in [6.45, 7) is 3.35. The van der Waals surface area contributed by atoms with E-state index in [9.17, 15) is 13.2 Å². The Bertz CT molecular complexity index is 303. The van der Waals surface area contributed by atoms with Crippen molar-refractivity contribution in [1.82, 2.24) is 0 Å². The van der Waals surface area contributed by atoms with Gasteiger partial charge in [0, 0.05) is 11.4 Å². The van der Waals surface area contributed by atoms with Crippen LogP contribution < -0.4 is 5.73 Å². The molecule has 1 heterocycles. The van der Waals surface area contributed by atoms with E-state index >= 15 is 0 Å². The maximum Gasteiger partial charge on any atom is 0.417 e. The highest BCUT2D eigenvalue weighted by Crippen LogP contribution is 2.36. The molecule has 0 aliphatic rings. The van der Waals surface area contributed by atoms with Crippen molar-refractivity contribution in [2.75, 3.05) is 0 Å². The molecule has 13 heavy (non-hydrogen) atoms. The number of rotatable bonds is 2. The lowest BCUT2D eigenvalue weighted by Gasteiger charge is -2.10. The SMILES string of the molecule is C=C[C@@H](N)c1cscc1C(F)(F)F. The third kappa shape index (κ3) is 2.10. The molecule has 2 N–H and O–H groups in total. The molecule has 0 unspecified atom stereocenters. The second-order valence-electron chi connectivity index (χ2n) is 2.50. The van der Waals surface area contributed by atoms with Crippen molar-refractivity contribution >= 4 is 11.3 Å². The molecular formula is C8H8F3NS. The van der Waals surface area contributed by atoms with E-state index in [1.165, 1.54) is 11.5 Å². The topological polar surface area (TPSA) is 26.0 Å². The van der Waals surface area contributed by atoms with E-state index in [1.54, 1.807) is 0 Å². The summed E-state index contributed by atoms with van der Waals surface area (Å²) in [5.41, 5.74) is 4.85. The van der Waals surface area contributed by atoms with E-state index in [0.29, 0.717) is 0 Å². The van der Waals surface area contributed by atoms with E-state index < -0.39 is 17.8 Å². The van der Waals surface area contributed by atoms with E-state index in [0.717, 1.165) is 16.7 Å². The van der Waals surface area contributed by atoms with Gasteiger partial charge in [-0.2, -0.15) is 24.5 Å². The Kier molecular flexibility index (Phi) is 2.77. The van der Waals surface area contributed by atoms with Gasteiger partial charge in [-0.25, -0.2) is 0 Å². The molecule has 0 aromatic carbocycles. The highest BCUT2D eigenvalue weighted by atomic mass is 32.1. The highest BCUT2D eigenvalue weighted by molar-refractivity contribution is 7.08. The van der Waals surface area contributed by atoms with Crippen LogP contribution in [0.1, 0.15) is 17.2 Å². The fourth-order valence-electron chi connectivity index (χ4n) is 0.922. The van der Waals surface area contributed by atoms with Gasteiger partial charge in [0.25, 0.3) is 0 Å². The van der Waals surface area contributed by atoms with Crippen molar-refractivity contribution in [1.29, 1.82) is 0 Å². The minimum Gasteiger partial charge on any atom is -0.321 e. The maximum absolute atomic E-state index is 12.3. The lowest BCUT2D eigenvalue weighted by molar-refractivity contribution is -0.137. The molecule has 1 aromatic heterocycles. The van der Waals surface area contributed by atoms with Crippen molar-refractivity contribution in [3.05, 3.63) is 34.5 Å². The second kappa shape index (κ2) is 3.51. The molecular weight excluding hydrogens is 199 g/mol. The zero-order chi connectivity index (χ0) is 10.1. The lowest BCUT2D eigenvalue weighted by atomic mass is 10.1. The van der Waals surface area contributed by atoms with Crippen LogP contribution in [-0.4, -0.2) is 0 Å². The predicted molar refractivity (Wildman–Crippen MR) is 46.4 cm³/mol. The van der Waals surface area contributed by atoms with Gasteiger partial charge in [-0.1, -0.05) is 6.08 Å². The predicted octanol–water partition coefficient (Wildman–Crippen LogP) is 2.95. The van der Waals surface area contributed by atoms with Crippen LogP contribution >= 0.6 is 11.3 Å². The standard InChI is InChI=1S/C8H8F3NS/c1-2-7(12)5-3-13-4-6(5)8(9,10)11/h2-4,7H,1,12H2/t7-/m1/s1. The first-order valence-electron chi connectivity index (χ1n) is 3.48. The Balaban J connectivity index is 3.10. The summed E-state index contributed by atoms with van der Waals surface area (Å²) < 4.78 is 36.9. The number of halogens is 3. The van der Waals surface area contributed by atoms with Crippen LogP contribution in [0.2, 0.25) is 0 Å². The average Bonchev–Trinajstić information content (AvgIpc) is 2.49. The summed E-state index contributed by atoms with van der Waals surface area (Å²) in [6, 6.07) is -0.747. The summed E-state index contributed by atoms with van der Waals surface area (Å²) in [5, 5.41) is 2.45. The molecule has 1 nitrogen and oxygen atoms in total. The molecule has 5 heteroatoms. The summed E-state index contributed by atoms with van der Waals surface area (Å²) in [5.74, 6) is 0. The molecule has 72 valence electrons. The smallest absolute Gasteiger partial charge is 0.321 e. The van der Waals surface area contributed by atoms with Crippen LogP contribution in [0, 0.1) is 0 Å². The summed E-state index contributed by atoms with van der Waals surface area (Å²) in [7, 11) is 0. The third-order valence-corrected chi connectivity index (χ3v) is 2.37. The Morgan fingerprint density at radius 2 is 2.08 bits per heavy atom. The minimum absolute atomic E-state index is 0.0903. The van der Waals surface area contributed by atoms with E-state index in [4.69, 9.17) is 5.73 Å². The van der Waals surface area contributed by atoms with Crippen molar-refractivity contribution in [2.45, 2.75) is 12.2 Å². The van der Waals surface area contributed by atoms with Gasteiger partial charge in [0.15, 0.2) is 0 Å². The first kappa shape index (κ1) is 10.3. The fourth-order valence-corrected chi connectivity index (χ4v) is 1.83. The number of hydrogen-bond donors (Lipinski definition) is 1. The lowest BCUT2D eigenvalue weighted by Crippen LogP contribution is -2.13. The second-order valence-corrected chi connectivity index (χ2v) is 3.24. The molecule has 1 atom stereocenters. The highest BCUT2D eigenvalue weighted by Gasteiger charge is 2.34. The molecule has 0 spiro atoms. The molecule has 0 fully saturated rings. The molecule has 0 bridgehead atoms. The third-order valence-electron chi connectivity index (χ3n) is 1.61. The number of alkyl halides is 3. The van der Waals surface area contributed by atoms with Gasteiger partial charge >= 0.3 is 6.18 Å². The normalized spacial score (nSPS) is 14.2. The Labute approximate surface area is 77.7 Å². The van der Waals surface area contributed by atoms with E-state index in [-0.39, 0.29) is 5.56 Å². The van der Waals surface area contributed by atoms with Gasteiger partial charge in [0.05, 0.1) is 5.56 Å². The molecule has 1 rings (SSSR count). The van der Waals surface area contributed by atoms with Crippen LogP contribution in [0.4, 0.5) is 13.2 Å². The molecule has 1 aromatic rings. The van der Waals surface area contributed by atoms with Gasteiger partial charge in [-0.05, 0) is 10.9 Å². The van der Waals surface area contributed by atoms with Crippen molar-refractivity contribution in [3.63, 3.8) is 0 Å². The molecule has 0 saturated heterocycles. The zero-order valence-corrected chi connectivity index (χ0v) is 7.45. The van der Waals surface area contributed by atoms with E-state index in [2.05, 4.69) is 6.58 Å². The fraction of sp³-hybridized carbons (Fsp3) is 0.250. The summed E-state index contributed by atoms with van der Waals surface area (Å²) in [4.78, 5) is 0. The molecule has 0 amide bonds. The summed E-state index contributed by atoms with van der Waals surface area (Å²) in [6.07, 6.45) is -3.03. The van der Waals surface area contributed by atoms with E-state index in [1.807, 2.05) is 0 Å². The number of hydrogen-bond acceptors (Lipinski definition) is 2. The molecule has 0 radical (unpaired) electrons. The largest absolute Gasteiger partial charge is 0.417 e. The van der Waals surface area contributed by atoms with Gasteiger partial charge in [0.1, 0.15) is 0 Å². The average molecular weight is 207 g/mol. The zero-order valence-electron chi connectivity index (χ0n) is 6.64. The van der Waals surface area contributed by atoms with Crippen LogP contribution in [-0.2, 0) is 6.18 Å². The van der Waals surface area contributed by atoms with Crippen molar-refractivity contribution < 1.29 is 13.2 Å². The number of thiophene rings is 1. The Hall–Kier alpha value is -0.810. The quantitative estimate of drug-likeness (QED) is 0.741. The van der Waals surface area contributed by atoms with Gasteiger partial charge in [-0.3, -0.25) is 0 Å².